The molecule has 1 aromatic carbocycles. The van der Waals surface area contributed by atoms with Crippen molar-refractivity contribution in [1.29, 1.82) is 0 Å². The summed E-state index contributed by atoms with van der Waals surface area (Å²) in [5, 5.41) is 0.805. The van der Waals surface area contributed by atoms with Gasteiger partial charge < -0.3 is 9.64 Å². The number of hydrogen-bond donors (Lipinski definition) is 0. The quantitative estimate of drug-likeness (QED) is 0.647. The Kier molecular flexibility index (Phi) is 5.77. The average molecular weight is 442 g/mol. The fraction of sp³-hybridized carbons (Fsp3) is 0.650. The minimum Gasteiger partial charge on any atom is -0.443 e. The van der Waals surface area contributed by atoms with Crippen molar-refractivity contribution in [2.75, 3.05) is 32.7 Å². The molecule has 0 N–H and O–H groups in total. The molecule has 6 heteroatoms. The molecule has 2 aliphatic heterocycles. The topological polar surface area (TPSA) is 32.8 Å². The molecule has 0 aromatic heterocycles. The monoisotopic (exact) mass is 440 g/mol. The second-order valence-corrected chi connectivity index (χ2v) is 9.33. The number of halogens is 2. The van der Waals surface area contributed by atoms with Gasteiger partial charge in [-0.05, 0) is 80.8 Å². The molecule has 1 aliphatic carbocycles. The summed E-state index contributed by atoms with van der Waals surface area (Å²) in [4.78, 5) is 16.3. The van der Waals surface area contributed by atoms with Crippen LogP contribution in [0.3, 0.4) is 0 Å². The molecular weight excluding hydrogens is 416 g/mol. The number of rotatable bonds is 6. The summed E-state index contributed by atoms with van der Waals surface area (Å²) in [6, 6.07) is 6.03. The van der Waals surface area contributed by atoms with E-state index in [0.717, 1.165) is 54.6 Å². The van der Waals surface area contributed by atoms with E-state index in [-0.39, 0.29) is 12.2 Å². The van der Waals surface area contributed by atoms with Gasteiger partial charge in [0, 0.05) is 22.6 Å². The number of carbonyl (C=O) groups is 1. The number of amides is 1. The number of piperidine rings is 1. The lowest BCUT2D eigenvalue weighted by Gasteiger charge is -2.33. The second kappa shape index (κ2) is 8.07. The van der Waals surface area contributed by atoms with Crippen molar-refractivity contribution >= 4 is 33.6 Å². The van der Waals surface area contributed by atoms with E-state index in [1.807, 2.05) is 17.0 Å². The number of benzene rings is 1. The molecule has 0 spiro atoms. The van der Waals surface area contributed by atoms with Crippen LogP contribution in [0.25, 0.3) is 0 Å². The molecule has 26 heavy (non-hydrogen) atoms. The number of nitrogens with zero attached hydrogens (tertiary/aromatic N) is 2. The third-order valence-corrected chi connectivity index (χ3v) is 6.82. The van der Waals surface area contributed by atoms with E-state index in [0.29, 0.717) is 5.92 Å². The zero-order valence-corrected chi connectivity index (χ0v) is 17.3. The average Bonchev–Trinajstić information content (AvgIpc) is 3.36. The minimum atomic E-state index is -0.109. The standard InChI is InChI=1S/C20H26BrClN2O2/c21-19-4-3-17(22)10-16(19)9-14-5-7-23(8-6-14)12-18-13-24(20(25)26-18)11-15-1-2-15/h3-4,10,14-15,18H,1-2,5-9,11-13H2. The van der Waals surface area contributed by atoms with Gasteiger partial charge in [-0.1, -0.05) is 27.5 Å². The molecule has 0 bridgehead atoms. The summed E-state index contributed by atoms with van der Waals surface area (Å²) in [5.41, 5.74) is 1.30. The van der Waals surface area contributed by atoms with Gasteiger partial charge in [-0.3, -0.25) is 4.90 Å². The maximum absolute atomic E-state index is 12.0. The van der Waals surface area contributed by atoms with Crippen LogP contribution in [0, 0.1) is 11.8 Å². The highest BCUT2D eigenvalue weighted by Gasteiger charge is 2.36. The van der Waals surface area contributed by atoms with Gasteiger partial charge in [-0.2, -0.15) is 0 Å². The van der Waals surface area contributed by atoms with Crippen LogP contribution in [0.2, 0.25) is 5.02 Å². The fourth-order valence-electron chi connectivity index (χ4n) is 4.10. The van der Waals surface area contributed by atoms with Crippen molar-refractivity contribution in [3.8, 4) is 0 Å². The lowest BCUT2D eigenvalue weighted by molar-refractivity contribution is 0.0904. The van der Waals surface area contributed by atoms with Gasteiger partial charge >= 0.3 is 6.09 Å². The summed E-state index contributed by atoms with van der Waals surface area (Å²) in [5.74, 6) is 1.42. The van der Waals surface area contributed by atoms with Gasteiger partial charge in [-0.25, -0.2) is 4.79 Å². The zero-order chi connectivity index (χ0) is 18.1. The molecule has 3 aliphatic rings. The van der Waals surface area contributed by atoms with E-state index in [4.69, 9.17) is 16.3 Å². The molecule has 1 atom stereocenters. The first-order chi connectivity index (χ1) is 12.6. The van der Waals surface area contributed by atoms with Crippen molar-refractivity contribution in [2.24, 2.45) is 11.8 Å². The van der Waals surface area contributed by atoms with Crippen LogP contribution in [0.15, 0.2) is 22.7 Å². The third-order valence-electron chi connectivity index (χ3n) is 5.81. The summed E-state index contributed by atoms with van der Waals surface area (Å²) in [6.45, 7) is 4.70. The highest BCUT2D eigenvalue weighted by molar-refractivity contribution is 9.10. The Hall–Kier alpha value is -0.780. The number of cyclic esters (lactones) is 1. The van der Waals surface area contributed by atoms with Crippen LogP contribution in [-0.4, -0.2) is 54.7 Å². The predicted molar refractivity (Wildman–Crippen MR) is 107 cm³/mol. The number of likely N-dealkylation sites (tertiary alicyclic amines) is 1. The smallest absolute Gasteiger partial charge is 0.410 e. The Bertz CT molecular complexity index is 659. The van der Waals surface area contributed by atoms with Crippen molar-refractivity contribution in [2.45, 2.75) is 38.2 Å². The highest BCUT2D eigenvalue weighted by atomic mass is 79.9. The summed E-state index contributed by atoms with van der Waals surface area (Å²) in [6.07, 6.45) is 5.91. The number of ether oxygens (including phenoxy) is 1. The van der Waals surface area contributed by atoms with Crippen molar-refractivity contribution < 1.29 is 9.53 Å². The Balaban J connectivity index is 1.22. The second-order valence-electron chi connectivity index (χ2n) is 8.04. The first-order valence-electron chi connectivity index (χ1n) is 9.68. The normalized spacial score (nSPS) is 24.9. The number of hydrogen-bond acceptors (Lipinski definition) is 3. The maximum Gasteiger partial charge on any atom is 0.410 e. The SMILES string of the molecule is O=C1OC(CN2CCC(Cc3cc(Cl)ccc3Br)CC2)CN1CC1CC1. The Morgan fingerprint density at radius 2 is 1.88 bits per heavy atom. The Morgan fingerprint density at radius 3 is 2.62 bits per heavy atom. The van der Waals surface area contributed by atoms with Crippen LogP contribution in [0.5, 0.6) is 0 Å². The van der Waals surface area contributed by atoms with Crippen LogP contribution in [0.4, 0.5) is 4.79 Å². The van der Waals surface area contributed by atoms with E-state index < -0.39 is 0 Å². The van der Waals surface area contributed by atoms with E-state index in [1.165, 1.54) is 31.2 Å². The summed E-state index contributed by atoms with van der Waals surface area (Å²) < 4.78 is 6.73. The molecule has 1 amide bonds. The molecule has 1 aromatic rings. The molecule has 3 fully saturated rings. The minimum absolute atomic E-state index is 0.0416. The zero-order valence-electron chi connectivity index (χ0n) is 15.0. The van der Waals surface area contributed by atoms with Gasteiger partial charge in [0.1, 0.15) is 6.10 Å². The molecule has 2 saturated heterocycles. The van der Waals surface area contributed by atoms with Gasteiger partial charge in [-0.15, -0.1) is 0 Å². The van der Waals surface area contributed by atoms with Gasteiger partial charge in [0.05, 0.1) is 6.54 Å². The van der Waals surface area contributed by atoms with Gasteiger partial charge in [0.15, 0.2) is 0 Å². The lowest BCUT2D eigenvalue weighted by atomic mass is 9.90. The molecule has 1 unspecified atom stereocenters. The largest absolute Gasteiger partial charge is 0.443 e. The molecule has 4 nitrogen and oxygen atoms in total. The fourth-order valence-corrected chi connectivity index (χ4v) is 4.71. The van der Waals surface area contributed by atoms with Crippen LogP contribution in [-0.2, 0) is 11.2 Å². The molecule has 4 rings (SSSR count). The molecule has 0 radical (unpaired) electrons. The third kappa shape index (κ3) is 4.73. The van der Waals surface area contributed by atoms with Crippen molar-refractivity contribution in [1.82, 2.24) is 9.80 Å². The van der Waals surface area contributed by atoms with Gasteiger partial charge in [0.25, 0.3) is 0 Å². The first-order valence-corrected chi connectivity index (χ1v) is 10.9. The predicted octanol–water partition coefficient (Wildman–Crippen LogP) is 4.59. The van der Waals surface area contributed by atoms with E-state index in [2.05, 4.69) is 26.9 Å². The molecule has 142 valence electrons. The molecule has 1 saturated carbocycles. The van der Waals surface area contributed by atoms with Gasteiger partial charge in [0.2, 0.25) is 0 Å². The summed E-state index contributed by atoms with van der Waals surface area (Å²) >= 11 is 9.78. The van der Waals surface area contributed by atoms with Crippen molar-refractivity contribution in [3.63, 3.8) is 0 Å². The van der Waals surface area contributed by atoms with Crippen LogP contribution in [0.1, 0.15) is 31.2 Å². The van der Waals surface area contributed by atoms with Crippen LogP contribution < -0.4 is 0 Å². The van der Waals surface area contributed by atoms with E-state index >= 15 is 0 Å². The number of carbonyl (C=O) groups excluding carboxylic acids is 1. The molecular formula is C20H26BrClN2O2. The lowest BCUT2D eigenvalue weighted by Crippen LogP contribution is -2.40. The van der Waals surface area contributed by atoms with Crippen molar-refractivity contribution in [3.05, 3.63) is 33.3 Å². The Labute approximate surface area is 168 Å². The Morgan fingerprint density at radius 1 is 1.12 bits per heavy atom. The molecule has 2 heterocycles. The highest BCUT2D eigenvalue weighted by Crippen LogP contribution is 2.31. The van der Waals surface area contributed by atoms with E-state index in [9.17, 15) is 4.79 Å². The first kappa shape index (κ1) is 18.6. The maximum atomic E-state index is 12.0. The summed E-state index contributed by atoms with van der Waals surface area (Å²) in [7, 11) is 0. The van der Waals surface area contributed by atoms with Crippen LogP contribution >= 0.6 is 27.5 Å². The van der Waals surface area contributed by atoms with E-state index in [1.54, 1.807) is 0 Å².